The summed E-state index contributed by atoms with van der Waals surface area (Å²) >= 11 is 6.87. The van der Waals surface area contributed by atoms with Crippen molar-refractivity contribution in [1.29, 1.82) is 0 Å². The molecule has 1 aliphatic heterocycles. The van der Waals surface area contributed by atoms with Gasteiger partial charge in [0.2, 0.25) is 15.9 Å². The number of halogens is 1. The van der Waals surface area contributed by atoms with Crippen LogP contribution in [0.5, 0.6) is 0 Å². The van der Waals surface area contributed by atoms with Gasteiger partial charge in [0.1, 0.15) is 0 Å². The van der Waals surface area contributed by atoms with Crippen LogP contribution in [0, 0.1) is 19.8 Å². The summed E-state index contributed by atoms with van der Waals surface area (Å²) in [5.41, 5.74) is 3.43. The molecule has 1 atom stereocenters. The number of aromatic nitrogens is 2. The Balaban J connectivity index is 1.39. The van der Waals surface area contributed by atoms with E-state index in [1.54, 1.807) is 29.2 Å². The van der Waals surface area contributed by atoms with E-state index in [4.69, 9.17) is 11.6 Å². The molecule has 2 aromatic carbocycles. The lowest BCUT2D eigenvalue weighted by atomic mass is 9.96. The Kier molecular flexibility index (Phi) is 7.23. The fourth-order valence-corrected chi connectivity index (χ4v) is 4.68. The molecule has 0 bridgehead atoms. The third-order valence-corrected chi connectivity index (χ3v) is 6.97. The summed E-state index contributed by atoms with van der Waals surface area (Å²) in [6, 6.07) is 12.5. The molecular formula is C24H24ClN5O3S. The Bertz CT molecular complexity index is 1240. The number of hydrogen-bond acceptors (Lipinski definition) is 6. The fourth-order valence-electron chi connectivity index (χ4n) is 3.78. The molecule has 4 rings (SSSR count). The number of carbonyl (C=O) groups excluding carboxylic acids is 3. The average Bonchev–Trinajstić information content (AvgIpc) is 3.32. The van der Waals surface area contributed by atoms with Crippen molar-refractivity contribution in [2.45, 2.75) is 26.7 Å². The molecule has 0 aliphatic carbocycles. The molecular weight excluding hydrogens is 474 g/mol. The van der Waals surface area contributed by atoms with Crippen molar-refractivity contribution >= 4 is 52.0 Å². The first-order valence-electron chi connectivity index (χ1n) is 10.9. The molecule has 3 aromatic rings. The maximum absolute atomic E-state index is 13.0. The molecule has 8 nitrogen and oxygen atoms in total. The van der Waals surface area contributed by atoms with Gasteiger partial charge in [0, 0.05) is 29.5 Å². The number of hydrogen-bond donors (Lipinski definition) is 2. The van der Waals surface area contributed by atoms with E-state index in [-0.39, 0.29) is 27.7 Å². The van der Waals surface area contributed by atoms with Gasteiger partial charge in [-0.1, -0.05) is 41.1 Å². The molecule has 34 heavy (non-hydrogen) atoms. The highest BCUT2D eigenvalue weighted by Gasteiger charge is 2.31. The molecule has 2 N–H and O–H groups in total. The van der Waals surface area contributed by atoms with E-state index in [1.807, 2.05) is 32.0 Å². The number of anilines is 2. The molecule has 0 unspecified atom stereocenters. The summed E-state index contributed by atoms with van der Waals surface area (Å²) < 4.78 is 0. The van der Waals surface area contributed by atoms with Gasteiger partial charge in [-0.15, -0.1) is 10.2 Å². The SMILES string of the molecule is Cc1cccc(NC(=O)[C@H]2CCCN(C(=O)c3nnc(C(=O)Nc4cccc(Cl)c4)s3)C2)c1C. The molecule has 10 heteroatoms. The van der Waals surface area contributed by atoms with Crippen molar-refractivity contribution in [3.05, 3.63) is 68.6 Å². The predicted molar refractivity (Wildman–Crippen MR) is 132 cm³/mol. The Morgan fingerprint density at radius 1 is 1.06 bits per heavy atom. The number of nitrogens with zero attached hydrogens (tertiary/aromatic N) is 3. The van der Waals surface area contributed by atoms with Gasteiger partial charge in [0.15, 0.2) is 0 Å². The zero-order chi connectivity index (χ0) is 24.2. The fraction of sp³-hybridized carbons (Fsp3) is 0.292. The number of likely N-dealkylation sites (tertiary alicyclic amines) is 1. The minimum atomic E-state index is -0.469. The minimum Gasteiger partial charge on any atom is -0.336 e. The van der Waals surface area contributed by atoms with Crippen molar-refractivity contribution < 1.29 is 14.4 Å². The first kappa shape index (κ1) is 23.8. The first-order valence-corrected chi connectivity index (χ1v) is 12.1. The summed E-state index contributed by atoms with van der Waals surface area (Å²) in [5, 5.41) is 14.2. The Morgan fingerprint density at radius 2 is 1.82 bits per heavy atom. The summed E-state index contributed by atoms with van der Waals surface area (Å²) in [5.74, 6) is -1.23. The highest BCUT2D eigenvalue weighted by Crippen LogP contribution is 2.24. The van der Waals surface area contributed by atoms with Crippen LogP contribution in [0.3, 0.4) is 0 Å². The summed E-state index contributed by atoms with van der Waals surface area (Å²) in [6.07, 6.45) is 1.40. The van der Waals surface area contributed by atoms with Crippen molar-refractivity contribution in [3.63, 3.8) is 0 Å². The van der Waals surface area contributed by atoms with Crippen molar-refractivity contribution in [2.75, 3.05) is 23.7 Å². The summed E-state index contributed by atoms with van der Waals surface area (Å²) in [4.78, 5) is 40.0. The second-order valence-electron chi connectivity index (χ2n) is 8.20. The molecule has 3 amide bonds. The third-order valence-electron chi connectivity index (χ3n) is 5.83. The Morgan fingerprint density at radius 3 is 2.62 bits per heavy atom. The number of rotatable bonds is 5. The molecule has 2 heterocycles. The predicted octanol–water partition coefficient (Wildman–Crippen LogP) is 4.55. The van der Waals surface area contributed by atoms with E-state index < -0.39 is 5.91 Å². The zero-order valence-electron chi connectivity index (χ0n) is 18.8. The van der Waals surface area contributed by atoms with E-state index in [1.165, 1.54) is 0 Å². The van der Waals surface area contributed by atoms with Crippen LogP contribution in [0.25, 0.3) is 0 Å². The lowest BCUT2D eigenvalue weighted by Gasteiger charge is -2.31. The summed E-state index contributed by atoms with van der Waals surface area (Å²) in [7, 11) is 0. The smallest absolute Gasteiger partial charge is 0.286 e. The average molecular weight is 498 g/mol. The normalized spacial score (nSPS) is 15.6. The summed E-state index contributed by atoms with van der Waals surface area (Å²) in [6.45, 7) is 4.78. The van der Waals surface area contributed by atoms with E-state index in [0.717, 1.165) is 28.2 Å². The van der Waals surface area contributed by atoms with Crippen LogP contribution in [0.15, 0.2) is 42.5 Å². The van der Waals surface area contributed by atoms with Crippen molar-refractivity contribution in [3.8, 4) is 0 Å². The van der Waals surface area contributed by atoms with Crippen LogP contribution in [0.2, 0.25) is 5.02 Å². The van der Waals surface area contributed by atoms with Gasteiger partial charge in [-0.3, -0.25) is 14.4 Å². The van der Waals surface area contributed by atoms with Gasteiger partial charge in [-0.2, -0.15) is 0 Å². The molecule has 1 aromatic heterocycles. The molecule has 1 fully saturated rings. The topological polar surface area (TPSA) is 104 Å². The van der Waals surface area contributed by atoms with Crippen LogP contribution in [-0.2, 0) is 4.79 Å². The lowest BCUT2D eigenvalue weighted by Crippen LogP contribution is -2.43. The molecule has 176 valence electrons. The lowest BCUT2D eigenvalue weighted by molar-refractivity contribution is -0.121. The quantitative estimate of drug-likeness (QED) is 0.538. The van der Waals surface area contributed by atoms with Crippen LogP contribution >= 0.6 is 22.9 Å². The van der Waals surface area contributed by atoms with Crippen molar-refractivity contribution in [1.82, 2.24) is 15.1 Å². The number of benzene rings is 2. The molecule has 0 saturated carbocycles. The second-order valence-corrected chi connectivity index (χ2v) is 9.62. The van der Waals surface area contributed by atoms with E-state index in [0.29, 0.717) is 36.6 Å². The first-order chi connectivity index (χ1) is 16.3. The van der Waals surface area contributed by atoms with Crippen LogP contribution in [0.1, 0.15) is 43.6 Å². The maximum Gasteiger partial charge on any atom is 0.286 e. The molecule has 1 aliphatic rings. The molecule has 0 radical (unpaired) electrons. The number of aryl methyl sites for hydroxylation is 1. The van der Waals surface area contributed by atoms with Gasteiger partial charge in [-0.05, 0) is 62.1 Å². The number of piperidine rings is 1. The van der Waals surface area contributed by atoms with Crippen LogP contribution in [0.4, 0.5) is 11.4 Å². The number of carbonyl (C=O) groups is 3. The maximum atomic E-state index is 13.0. The van der Waals surface area contributed by atoms with E-state index >= 15 is 0 Å². The minimum absolute atomic E-state index is 0.0737. The largest absolute Gasteiger partial charge is 0.336 e. The van der Waals surface area contributed by atoms with Crippen LogP contribution in [-0.4, -0.2) is 45.9 Å². The molecule has 1 saturated heterocycles. The van der Waals surface area contributed by atoms with Gasteiger partial charge < -0.3 is 15.5 Å². The zero-order valence-corrected chi connectivity index (χ0v) is 20.4. The van der Waals surface area contributed by atoms with Crippen molar-refractivity contribution in [2.24, 2.45) is 5.92 Å². The van der Waals surface area contributed by atoms with Gasteiger partial charge in [0.05, 0.1) is 5.92 Å². The van der Waals surface area contributed by atoms with Crippen LogP contribution < -0.4 is 10.6 Å². The standard InChI is InChI=1S/C24H24ClN5O3S/c1-14-6-3-10-19(15(14)2)27-20(31)16-7-5-11-30(13-16)24(33)23-29-28-22(34-23)21(32)26-18-9-4-8-17(25)12-18/h3-4,6,8-10,12,16H,5,7,11,13H2,1-2H3,(H,26,32)(H,27,31)/t16-/m0/s1. The third kappa shape index (κ3) is 5.43. The van der Waals surface area contributed by atoms with E-state index in [2.05, 4.69) is 20.8 Å². The Labute approximate surface area is 206 Å². The highest BCUT2D eigenvalue weighted by molar-refractivity contribution is 7.15. The van der Waals surface area contributed by atoms with Gasteiger partial charge in [-0.25, -0.2) is 0 Å². The number of amides is 3. The second kappa shape index (κ2) is 10.3. The monoisotopic (exact) mass is 497 g/mol. The highest BCUT2D eigenvalue weighted by atomic mass is 35.5. The number of nitrogens with one attached hydrogen (secondary N) is 2. The van der Waals surface area contributed by atoms with E-state index in [9.17, 15) is 14.4 Å². The van der Waals surface area contributed by atoms with Gasteiger partial charge in [0.25, 0.3) is 11.8 Å². The van der Waals surface area contributed by atoms with Gasteiger partial charge >= 0.3 is 0 Å². The Hall–Kier alpha value is -3.30. The molecule has 0 spiro atoms.